The molecule has 0 fully saturated rings. The molecule has 0 heterocycles. The van der Waals surface area contributed by atoms with Gasteiger partial charge < -0.3 is 15.2 Å². The van der Waals surface area contributed by atoms with E-state index >= 15 is 0 Å². The predicted molar refractivity (Wildman–Crippen MR) is 46.5 cm³/mol. The van der Waals surface area contributed by atoms with Crippen LogP contribution in [0.2, 0.25) is 0 Å². The number of aliphatic imine (C=N–C) groups is 1. The van der Waals surface area contributed by atoms with Crippen LogP contribution < -0.4 is 17.0 Å². The summed E-state index contributed by atoms with van der Waals surface area (Å²) in [6.45, 7) is 0.915. The van der Waals surface area contributed by atoms with Crippen molar-refractivity contribution in [2.45, 2.75) is 6.10 Å². The van der Waals surface area contributed by atoms with E-state index in [4.69, 9.17) is 21.1 Å². The van der Waals surface area contributed by atoms with Crippen molar-refractivity contribution in [2.24, 2.45) is 16.6 Å². The van der Waals surface area contributed by atoms with Gasteiger partial charge in [-0.1, -0.05) is 0 Å². The average molecular weight is 176 g/mol. The third kappa shape index (κ3) is 4.89. The highest BCUT2D eigenvalue weighted by Gasteiger charge is 2.04. The molecule has 6 nitrogen and oxygen atoms in total. The third-order valence-electron chi connectivity index (χ3n) is 1.30. The second-order valence-electron chi connectivity index (χ2n) is 2.18. The molecule has 5 N–H and O–H groups in total. The first-order valence-electron chi connectivity index (χ1n) is 3.52. The van der Waals surface area contributed by atoms with E-state index in [0.29, 0.717) is 13.2 Å². The number of nitrogens with one attached hydrogen (secondary N) is 1. The molecule has 1 atom stereocenters. The van der Waals surface area contributed by atoms with Crippen LogP contribution in [0.1, 0.15) is 0 Å². The molecule has 0 aliphatic heterocycles. The molecule has 6 heteroatoms. The van der Waals surface area contributed by atoms with Crippen molar-refractivity contribution in [1.29, 1.82) is 0 Å². The second kappa shape index (κ2) is 6.84. The van der Waals surface area contributed by atoms with E-state index in [1.54, 1.807) is 14.2 Å². The summed E-state index contributed by atoms with van der Waals surface area (Å²) in [5, 5.41) is 0. The highest BCUT2D eigenvalue weighted by Crippen LogP contribution is 1.90. The van der Waals surface area contributed by atoms with Crippen LogP contribution in [-0.4, -0.2) is 39.4 Å². The van der Waals surface area contributed by atoms with E-state index < -0.39 is 0 Å². The van der Waals surface area contributed by atoms with E-state index in [1.165, 1.54) is 0 Å². The van der Waals surface area contributed by atoms with Gasteiger partial charge >= 0.3 is 0 Å². The van der Waals surface area contributed by atoms with E-state index in [0.717, 1.165) is 0 Å². The monoisotopic (exact) mass is 176 g/mol. The van der Waals surface area contributed by atoms with Gasteiger partial charge in [-0.2, -0.15) is 0 Å². The molecule has 0 aliphatic rings. The van der Waals surface area contributed by atoms with Crippen molar-refractivity contribution in [3.63, 3.8) is 0 Å². The van der Waals surface area contributed by atoms with Gasteiger partial charge in [0.25, 0.3) is 0 Å². The van der Waals surface area contributed by atoms with Crippen molar-refractivity contribution < 1.29 is 9.47 Å². The summed E-state index contributed by atoms with van der Waals surface area (Å²) in [6.07, 6.45) is -0.0816. The highest BCUT2D eigenvalue weighted by atomic mass is 16.5. The van der Waals surface area contributed by atoms with Crippen molar-refractivity contribution in [2.75, 3.05) is 27.4 Å². The maximum Gasteiger partial charge on any atom is 0.203 e. The lowest BCUT2D eigenvalue weighted by Crippen LogP contribution is -2.38. The quantitative estimate of drug-likeness (QED) is 0.203. The van der Waals surface area contributed by atoms with Crippen LogP contribution in [0.15, 0.2) is 4.99 Å². The molecule has 0 aromatic carbocycles. The van der Waals surface area contributed by atoms with Crippen LogP contribution in [0.3, 0.4) is 0 Å². The fraction of sp³-hybridized carbons (Fsp3) is 0.833. The molecule has 1 unspecified atom stereocenters. The van der Waals surface area contributed by atoms with Gasteiger partial charge in [-0.15, -0.1) is 0 Å². The minimum absolute atomic E-state index is 0.0816. The van der Waals surface area contributed by atoms with Crippen molar-refractivity contribution in [1.82, 2.24) is 5.43 Å². The Morgan fingerprint density at radius 3 is 2.67 bits per heavy atom. The fourth-order valence-electron chi connectivity index (χ4n) is 0.627. The van der Waals surface area contributed by atoms with Crippen LogP contribution in [-0.2, 0) is 9.47 Å². The first kappa shape index (κ1) is 11.2. The first-order valence-corrected chi connectivity index (χ1v) is 3.52. The number of guanidine groups is 1. The van der Waals surface area contributed by atoms with E-state index in [1.807, 2.05) is 0 Å². The maximum absolute atomic E-state index is 5.29. The lowest BCUT2D eigenvalue weighted by atomic mass is 10.4. The number of ether oxygens (including phenoxy) is 2. The summed E-state index contributed by atoms with van der Waals surface area (Å²) in [6, 6.07) is 0. The van der Waals surface area contributed by atoms with Gasteiger partial charge in [-0.05, 0) is 0 Å². The van der Waals surface area contributed by atoms with Gasteiger partial charge in [0.1, 0.15) is 6.10 Å². The van der Waals surface area contributed by atoms with Gasteiger partial charge in [0.2, 0.25) is 5.96 Å². The molecule has 0 radical (unpaired) electrons. The Morgan fingerprint density at radius 2 is 2.25 bits per heavy atom. The number of nitrogens with zero attached hydrogens (tertiary/aromatic N) is 1. The van der Waals surface area contributed by atoms with Crippen molar-refractivity contribution >= 4 is 5.96 Å². The summed E-state index contributed by atoms with van der Waals surface area (Å²) >= 11 is 0. The van der Waals surface area contributed by atoms with Gasteiger partial charge in [-0.3, -0.25) is 5.43 Å². The van der Waals surface area contributed by atoms with Gasteiger partial charge in [0, 0.05) is 14.2 Å². The number of hydrogen-bond acceptors (Lipinski definition) is 4. The molecule has 0 spiro atoms. The second-order valence-corrected chi connectivity index (χ2v) is 2.18. The lowest BCUT2D eigenvalue weighted by molar-refractivity contribution is 0.0343. The number of nitrogens with two attached hydrogens (primary N) is 2. The first-order chi connectivity index (χ1) is 5.74. The number of hydrogen-bond donors (Lipinski definition) is 3. The normalized spacial score (nSPS) is 14.4. The molecule has 0 bridgehead atoms. The Labute approximate surface area is 71.9 Å². The molecule has 0 amide bonds. The number of methoxy groups -OCH3 is 2. The summed E-state index contributed by atoms with van der Waals surface area (Å²) < 4.78 is 9.90. The lowest BCUT2D eigenvalue weighted by Gasteiger charge is -2.11. The van der Waals surface area contributed by atoms with Crippen LogP contribution in [0.25, 0.3) is 0 Å². The van der Waals surface area contributed by atoms with Crippen LogP contribution in [0.4, 0.5) is 0 Å². The molecular formula is C6H16N4O2. The molecule has 72 valence electrons. The van der Waals surface area contributed by atoms with Crippen LogP contribution in [0.5, 0.6) is 0 Å². The Bertz CT molecular complexity index is 140. The maximum atomic E-state index is 5.29. The largest absolute Gasteiger partial charge is 0.382 e. The van der Waals surface area contributed by atoms with E-state index in [2.05, 4.69) is 10.4 Å². The Kier molecular flexibility index (Phi) is 6.35. The minimum atomic E-state index is -0.0816. The number of rotatable bonds is 5. The van der Waals surface area contributed by atoms with Gasteiger partial charge in [0.15, 0.2) is 0 Å². The SMILES string of the molecule is COCC(CN=C(N)NN)OC. The fourth-order valence-corrected chi connectivity index (χ4v) is 0.627. The summed E-state index contributed by atoms with van der Waals surface area (Å²) in [5.41, 5.74) is 7.51. The highest BCUT2D eigenvalue weighted by molar-refractivity contribution is 5.77. The standard InChI is InChI=1S/C6H16N4O2/c1-11-4-5(12-2)3-9-6(7)10-8/h5H,3-4,8H2,1-2H3,(H3,7,9,10). The molecular weight excluding hydrogens is 160 g/mol. The molecule has 0 aromatic heterocycles. The average Bonchev–Trinajstić information content (AvgIpc) is 2.11. The van der Waals surface area contributed by atoms with Crippen molar-refractivity contribution in [3.05, 3.63) is 0 Å². The zero-order valence-electron chi connectivity index (χ0n) is 7.41. The number of hydrazine groups is 1. The van der Waals surface area contributed by atoms with Gasteiger partial charge in [0.05, 0.1) is 13.2 Å². The third-order valence-corrected chi connectivity index (χ3v) is 1.30. The Balaban J connectivity index is 3.70. The van der Waals surface area contributed by atoms with Crippen LogP contribution >= 0.6 is 0 Å². The molecule has 0 rings (SSSR count). The van der Waals surface area contributed by atoms with Crippen LogP contribution in [0, 0.1) is 0 Å². The Morgan fingerprint density at radius 1 is 1.58 bits per heavy atom. The summed E-state index contributed by atoms with van der Waals surface area (Å²) in [5.74, 6) is 5.18. The minimum Gasteiger partial charge on any atom is -0.382 e. The van der Waals surface area contributed by atoms with E-state index in [-0.39, 0.29) is 12.1 Å². The molecule has 0 saturated carbocycles. The summed E-state index contributed by atoms with van der Waals surface area (Å²) in [7, 11) is 3.19. The van der Waals surface area contributed by atoms with E-state index in [9.17, 15) is 0 Å². The smallest absolute Gasteiger partial charge is 0.203 e. The molecule has 0 aliphatic carbocycles. The Hall–Kier alpha value is -0.850. The van der Waals surface area contributed by atoms with Crippen molar-refractivity contribution in [3.8, 4) is 0 Å². The predicted octanol–water partition coefficient (Wildman–Crippen LogP) is -1.57. The molecule has 12 heavy (non-hydrogen) atoms. The topological polar surface area (TPSA) is 94.9 Å². The zero-order chi connectivity index (χ0) is 9.40. The van der Waals surface area contributed by atoms with Gasteiger partial charge in [-0.25, -0.2) is 10.8 Å². The molecule has 0 aromatic rings. The molecule has 0 saturated heterocycles. The zero-order valence-corrected chi connectivity index (χ0v) is 7.41. The summed E-state index contributed by atoms with van der Waals surface area (Å²) in [4.78, 5) is 3.89.